The summed E-state index contributed by atoms with van der Waals surface area (Å²) in [4.78, 5) is 19.0. The first-order valence-corrected chi connectivity index (χ1v) is 11.0. The van der Waals surface area contributed by atoms with Crippen LogP contribution in [0.25, 0.3) is 11.4 Å². The van der Waals surface area contributed by atoms with Crippen molar-refractivity contribution >= 4 is 23.2 Å². The summed E-state index contributed by atoms with van der Waals surface area (Å²) < 4.78 is 12.0. The van der Waals surface area contributed by atoms with E-state index in [-0.39, 0.29) is 12.3 Å². The van der Waals surface area contributed by atoms with E-state index in [1.807, 2.05) is 54.8 Å². The van der Waals surface area contributed by atoms with Crippen LogP contribution in [-0.4, -0.2) is 34.9 Å². The van der Waals surface area contributed by atoms with E-state index in [4.69, 9.17) is 9.47 Å². The van der Waals surface area contributed by atoms with Gasteiger partial charge in [-0.05, 0) is 36.1 Å². The van der Waals surface area contributed by atoms with Crippen LogP contribution in [0.3, 0.4) is 0 Å². The zero-order valence-corrected chi connectivity index (χ0v) is 19.0. The first-order chi connectivity index (χ1) is 15.6. The van der Waals surface area contributed by atoms with Crippen molar-refractivity contribution in [2.24, 2.45) is 0 Å². The molecule has 32 heavy (non-hydrogen) atoms. The van der Waals surface area contributed by atoms with Crippen molar-refractivity contribution < 1.29 is 14.3 Å². The van der Waals surface area contributed by atoms with Gasteiger partial charge in [-0.2, -0.15) is 9.67 Å². The fourth-order valence-electron chi connectivity index (χ4n) is 3.24. The van der Waals surface area contributed by atoms with E-state index >= 15 is 0 Å². The van der Waals surface area contributed by atoms with E-state index in [2.05, 4.69) is 15.4 Å². The van der Waals surface area contributed by atoms with Crippen LogP contribution in [0, 0.1) is 6.92 Å². The summed E-state index contributed by atoms with van der Waals surface area (Å²) in [6.07, 6.45) is 0.144. The molecule has 0 aliphatic carbocycles. The summed E-state index contributed by atoms with van der Waals surface area (Å²) in [7, 11) is 3.15. The summed E-state index contributed by atoms with van der Waals surface area (Å²) in [5.41, 5.74) is 2.80. The highest BCUT2D eigenvalue weighted by molar-refractivity contribution is 7.09. The minimum Gasteiger partial charge on any atom is -0.493 e. The van der Waals surface area contributed by atoms with Gasteiger partial charge in [-0.1, -0.05) is 42.0 Å². The second kappa shape index (κ2) is 9.65. The Labute approximate surface area is 190 Å². The van der Waals surface area contributed by atoms with Crippen LogP contribution in [0.2, 0.25) is 0 Å². The maximum absolute atomic E-state index is 13.2. The number of ether oxygens (including phenoxy) is 2. The molecule has 0 aliphatic rings. The molecule has 7 nitrogen and oxygen atoms in total. The fraction of sp³-hybridized carbons (Fsp3) is 0.208. The van der Waals surface area contributed by atoms with Gasteiger partial charge in [-0.25, -0.2) is 0 Å². The highest BCUT2D eigenvalue weighted by atomic mass is 32.1. The predicted octanol–water partition coefficient (Wildman–Crippen LogP) is 4.83. The first-order valence-electron chi connectivity index (χ1n) is 10.1. The average Bonchev–Trinajstić information content (AvgIpc) is 3.48. The number of nitrogens with zero attached hydrogens (tertiary/aromatic N) is 3. The maximum Gasteiger partial charge on any atom is 0.254 e. The zero-order valence-electron chi connectivity index (χ0n) is 18.2. The first kappa shape index (κ1) is 21.6. The molecule has 0 unspecified atom stereocenters. The number of hydrogen-bond acceptors (Lipinski definition) is 7. The standard InChI is InChI=1S/C24H24N4O3S/c1-16-6-9-18(10-7-16)23-26-24(25-15-19-5-4-12-32-19)28(27-23)22(29)14-17-8-11-20(30-2)21(13-17)31-3/h4-13H,14-15H2,1-3H3,(H,25,26,27). The van der Waals surface area contributed by atoms with E-state index in [0.29, 0.717) is 29.8 Å². The van der Waals surface area contributed by atoms with Crippen LogP contribution in [-0.2, 0) is 13.0 Å². The van der Waals surface area contributed by atoms with Crippen LogP contribution in [0.1, 0.15) is 20.8 Å². The lowest BCUT2D eigenvalue weighted by molar-refractivity contribution is 0.0901. The van der Waals surface area contributed by atoms with Gasteiger partial charge in [-0.15, -0.1) is 16.4 Å². The van der Waals surface area contributed by atoms with Gasteiger partial charge in [0, 0.05) is 10.4 Å². The molecule has 0 amide bonds. The van der Waals surface area contributed by atoms with Crippen LogP contribution in [0.15, 0.2) is 60.0 Å². The number of aryl methyl sites for hydroxylation is 1. The fourth-order valence-corrected chi connectivity index (χ4v) is 3.89. The van der Waals surface area contributed by atoms with Crippen molar-refractivity contribution in [1.29, 1.82) is 0 Å². The van der Waals surface area contributed by atoms with Crippen LogP contribution in [0.5, 0.6) is 11.5 Å². The Morgan fingerprint density at radius 3 is 2.53 bits per heavy atom. The Hall–Kier alpha value is -3.65. The number of benzene rings is 2. The SMILES string of the molecule is COc1ccc(CC(=O)n2nc(-c3ccc(C)cc3)nc2NCc2cccs2)cc1OC. The molecule has 0 radical (unpaired) electrons. The van der Waals surface area contributed by atoms with Gasteiger partial charge in [0.25, 0.3) is 5.91 Å². The number of carbonyl (C=O) groups excluding carboxylic acids is 1. The summed E-state index contributed by atoms with van der Waals surface area (Å²) in [6, 6.07) is 17.4. The smallest absolute Gasteiger partial charge is 0.254 e. The van der Waals surface area contributed by atoms with Crippen molar-refractivity contribution in [3.05, 3.63) is 76.0 Å². The number of anilines is 1. The molecule has 1 N–H and O–H groups in total. The highest BCUT2D eigenvalue weighted by Crippen LogP contribution is 2.28. The molecule has 4 aromatic rings. The molecule has 0 bridgehead atoms. The van der Waals surface area contributed by atoms with E-state index in [1.54, 1.807) is 37.7 Å². The van der Waals surface area contributed by atoms with Crippen molar-refractivity contribution in [3.8, 4) is 22.9 Å². The maximum atomic E-state index is 13.2. The molecular formula is C24H24N4O3S. The van der Waals surface area contributed by atoms with Crippen molar-refractivity contribution in [2.45, 2.75) is 19.9 Å². The van der Waals surface area contributed by atoms with Crippen LogP contribution < -0.4 is 14.8 Å². The van der Waals surface area contributed by atoms with Gasteiger partial charge >= 0.3 is 0 Å². The molecular weight excluding hydrogens is 424 g/mol. The minimum absolute atomic E-state index is 0.144. The van der Waals surface area contributed by atoms with E-state index in [1.165, 1.54) is 4.68 Å². The highest BCUT2D eigenvalue weighted by Gasteiger charge is 2.18. The molecule has 2 aromatic carbocycles. The predicted molar refractivity (Wildman–Crippen MR) is 126 cm³/mol. The Balaban J connectivity index is 1.62. The Morgan fingerprint density at radius 1 is 1.06 bits per heavy atom. The third-order valence-corrected chi connectivity index (χ3v) is 5.83. The largest absolute Gasteiger partial charge is 0.493 e. The number of rotatable bonds is 8. The van der Waals surface area contributed by atoms with Crippen LogP contribution >= 0.6 is 11.3 Å². The van der Waals surface area contributed by atoms with Crippen molar-refractivity contribution in [3.63, 3.8) is 0 Å². The van der Waals surface area contributed by atoms with Gasteiger partial charge < -0.3 is 14.8 Å². The molecule has 8 heteroatoms. The molecule has 2 aromatic heterocycles. The lowest BCUT2D eigenvalue weighted by Gasteiger charge is -2.10. The lowest BCUT2D eigenvalue weighted by atomic mass is 10.1. The van der Waals surface area contributed by atoms with E-state index in [0.717, 1.165) is 21.6 Å². The Kier molecular flexibility index (Phi) is 6.51. The van der Waals surface area contributed by atoms with Crippen molar-refractivity contribution in [1.82, 2.24) is 14.8 Å². The Morgan fingerprint density at radius 2 is 1.84 bits per heavy atom. The molecule has 0 saturated carbocycles. The Bertz CT molecular complexity index is 1200. The molecule has 0 spiro atoms. The third-order valence-electron chi connectivity index (χ3n) is 4.96. The van der Waals surface area contributed by atoms with E-state index in [9.17, 15) is 4.79 Å². The molecule has 164 valence electrons. The molecule has 0 aliphatic heterocycles. The minimum atomic E-state index is -0.197. The second-order valence-corrected chi connectivity index (χ2v) is 8.26. The third kappa shape index (κ3) is 4.81. The summed E-state index contributed by atoms with van der Waals surface area (Å²) in [5, 5.41) is 9.80. The molecule has 0 saturated heterocycles. The number of carbonyl (C=O) groups is 1. The quantitative estimate of drug-likeness (QED) is 0.416. The van der Waals surface area contributed by atoms with Gasteiger partial charge in [0.2, 0.25) is 5.95 Å². The van der Waals surface area contributed by atoms with Gasteiger partial charge in [-0.3, -0.25) is 4.79 Å². The number of aromatic nitrogens is 3. The van der Waals surface area contributed by atoms with E-state index < -0.39 is 0 Å². The molecule has 0 fully saturated rings. The number of methoxy groups -OCH3 is 2. The topological polar surface area (TPSA) is 78.3 Å². The lowest BCUT2D eigenvalue weighted by Crippen LogP contribution is -2.18. The van der Waals surface area contributed by atoms with Crippen LogP contribution in [0.4, 0.5) is 5.95 Å². The van der Waals surface area contributed by atoms with Crippen molar-refractivity contribution in [2.75, 3.05) is 19.5 Å². The van der Waals surface area contributed by atoms with Gasteiger partial charge in [0.1, 0.15) is 0 Å². The zero-order chi connectivity index (χ0) is 22.5. The normalized spacial score (nSPS) is 10.7. The number of thiophene rings is 1. The summed E-state index contributed by atoms with van der Waals surface area (Å²) in [6.45, 7) is 2.59. The molecule has 4 rings (SSSR count). The summed E-state index contributed by atoms with van der Waals surface area (Å²) >= 11 is 1.64. The second-order valence-electron chi connectivity index (χ2n) is 7.23. The average molecular weight is 449 g/mol. The molecule has 0 atom stereocenters. The van der Waals surface area contributed by atoms with Gasteiger partial charge in [0.15, 0.2) is 17.3 Å². The van der Waals surface area contributed by atoms with Gasteiger partial charge in [0.05, 0.1) is 27.2 Å². The summed E-state index contributed by atoms with van der Waals surface area (Å²) in [5.74, 6) is 1.91. The monoisotopic (exact) mass is 448 g/mol. The number of nitrogens with one attached hydrogen (secondary N) is 1. The number of hydrogen-bond donors (Lipinski definition) is 1. The molecule has 2 heterocycles.